The predicted molar refractivity (Wildman–Crippen MR) is 74.6 cm³/mol. The molecule has 3 heterocycles. The number of nitrogens with zero attached hydrogens (tertiary/aromatic N) is 2. The van der Waals surface area contributed by atoms with Gasteiger partial charge in [-0.05, 0) is 0 Å². The van der Waals surface area contributed by atoms with Crippen molar-refractivity contribution in [2.45, 2.75) is 11.6 Å². The normalized spacial score (nSPS) is 34.1. The summed E-state index contributed by atoms with van der Waals surface area (Å²) in [6.07, 6.45) is 1.58. The van der Waals surface area contributed by atoms with E-state index in [1.807, 2.05) is 0 Å². The SMILES string of the molecule is COC(=O)[C@]1(CO)N[C@H](c2nccs2)[C@@H]2C(=O)N(C)C(=O)[C@@H]21. The first-order valence-electron chi connectivity index (χ1n) is 6.65. The Hall–Kier alpha value is -1.84. The zero-order valence-corrected chi connectivity index (χ0v) is 12.8. The summed E-state index contributed by atoms with van der Waals surface area (Å²) in [5, 5.41) is 15.1. The van der Waals surface area contributed by atoms with Gasteiger partial charge in [-0.2, -0.15) is 0 Å². The monoisotopic (exact) mass is 325 g/mol. The first kappa shape index (κ1) is 15.1. The van der Waals surface area contributed by atoms with Crippen LogP contribution in [-0.2, 0) is 19.1 Å². The van der Waals surface area contributed by atoms with Gasteiger partial charge in [0.1, 0.15) is 5.01 Å². The molecule has 0 saturated carbocycles. The van der Waals surface area contributed by atoms with E-state index in [1.165, 1.54) is 25.5 Å². The molecule has 4 atom stereocenters. The molecule has 2 N–H and O–H groups in total. The summed E-state index contributed by atoms with van der Waals surface area (Å²) in [4.78, 5) is 42.3. The number of rotatable bonds is 3. The summed E-state index contributed by atoms with van der Waals surface area (Å²) < 4.78 is 4.76. The lowest BCUT2D eigenvalue weighted by molar-refractivity contribution is -0.156. The Morgan fingerprint density at radius 3 is 2.82 bits per heavy atom. The summed E-state index contributed by atoms with van der Waals surface area (Å²) in [6.45, 7) is -0.643. The standard InChI is InChI=1S/C13H15N3O5S/c1-16-10(18)6-7(11(16)19)13(5-17,12(20)21-2)15-8(6)9-14-3-4-22-9/h3-4,6-8,15,17H,5H2,1-2H3/t6-,7-,8+,13-/m1/s1. The Balaban J connectivity index is 2.13. The largest absolute Gasteiger partial charge is 0.468 e. The highest BCUT2D eigenvalue weighted by Crippen LogP contribution is 2.48. The van der Waals surface area contributed by atoms with Gasteiger partial charge in [-0.15, -0.1) is 11.3 Å². The van der Waals surface area contributed by atoms with Crippen molar-refractivity contribution in [1.82, 2.24) is 15.2 Å². The van der Waals surface area contributed by atoms with Crippen molar-refractivity contribution in [3.8, 4) is 0 Å². The molecular formula is C13H15N3O5S. The number of imide groups is 1. The van der Waals surface area contributed by atoms with Gasteiger partial charge in [0.15, 0.2) is 5.54 Å². The van der Waals surface area contributed by atoms with E-state index in [-0.39, 0.29) is 5.91 Å². The molecule has 0 unspecified atom stereocenters. The topological polar surface area (TPSA) is 109 Å². The Bertz CT molecular complexity index is 634. The summed E-state index contributed by atoms with van der Waals surface area (Å²) in [6, 6.07) is -0.613. The van der Waals surface area contributed by atoms with Gasteiger partial charge in [0.2, 0.25) is 11.8 Å². The maximum atomic E-state index is 12.4. The van der Waals surface area contributed by atoms with Crippen LogP contribution >= 0.6 is 11.3 Å². The van der Waals surface area contributed by atoms with Crippen LogP contribution in [0.3, 0.4) is 0 Å². The van der Waals surface area contributed by atoms with Gasteiger partial charge in [0.25, 0.3) is 0 Å². The van der Waals surface area contributed by atoms with Gasteiger partial charge in [0, 0.05) is 18.6 Å². The fourth-order valence-corrected chi connectivity index (χ4v) is 4.06. The first-order valence-corrected chi connectivity index (χ1v) is 7.53. The second-order valence-corrected chi connectivity index (χ2v) is 6.28. The maximum absolute atomic E-state index is 12.4. The van der Waals surface area contributed by atoms with Gasteiger partial charge in [-0.1, -0.05) is 0 Å². The van der Waals surface area contributed by atoms with Crippen molar-refractivity contribution < 1.29 is 24.2 Å². The quantitative estimate of drug-likeness (QED) is 0.537. The van der Waals surface area contributed by atoms with E-state index in [0.29, 0.717) is 5.01 Å². The van der Waals surface area contributed by atoms with Crippen molar-refractivity contribution in [2.75, 3.05) is 20.8 Å². The third-order valence-corrected chi connectivity index (χ3v) is 5.25. The second-order valence-electron chi connectivity index (χ2n) is 5.35. The Kier molecular flexibility index (Phi) is 3.50. The van der Waals surface area contributed by atoms with Crippen molar-refractivity contribution in [3.63, 3.8) is 0 Å². The number of carbonyl (C=O) groups excluding carboxylic acids is 3. The molecule has 22 heavy (non-hydrogen) atoms. The van der Waals surface area contributed by atoms with Crippen LogP contribution in [0.2, 0.25) is 0 Å². The van der Waals surface area contributed by atoms with E-state index >= 15 is 0 Å². The summed E-state index contributed by atoms with van der Waals surface area (Å²) >= 11 is 1.31. The van der Waals surface area contributed by atoms with Crippen LogP contribution in [0.5, 0.6) is 0 Å². The lowest BCUT2D eigenvalue weighted by Gasteiger charge is -2.29. The lowest BCUT2D eigenvalue weighted by Crippen LogP contribution is -2.58. The van der Waals surface area contributed by atoms with Crippen LogP contribution in [0.4, 0.5) is 0 Å². The Morgan fingerprint density at radius 1 is 1.55 bits per heavy atom. The molecule has 2 aliphatic heterocycles. The lowest BCUT2D eigenvalue weighted by atomic mass is 9.80. The average molecular weight is 325 g/mol. The number of aromatic nitrogens is 1. The third kappa shape index (κ3) is 1.76. The number of fused-ring (bicyclic) bond motifs is 1. The zero-order valence-electron chi connectivity index (χ0n) is 12.0. The molecule has 0 spiro atoms. The van der Waals surface area contributed by atoms with Crippen LogP contribution in [-0.4, -0.2) is 59.1 Å². The van der Waals surface area contributed by atoms with Crippen LogP contribution in [0, 0.1) is 11.8 Å². The predicted octanol–water partition coefficient (Wildman–Crippen LogP) is -1.08. The maximum Gasteiger partial charge on any atom is 0.329 e. The molecule has 9 heteroatoms. The van der Waals surface area contributed by atoms with E-state index in [9.17, 15) is 19.5 Å². The van der Waals surface area contributed by atoms with Crippen molar-refractivity contribution >= 4 is 29.1 Å². The minimum atomic E-state index is -1.63. The molecule has 1 aromatic heterocycles. The van der Waals surface area contributed by atoms with E-state index < -0.39 is 41.9 Å². The van der Waals surface area contributed by atoms with Crippen LogP contribution in [0.15, 0.2) is 11.6 Å². The minimum absolute atomic E-state index is 0.387. The highest BCUT2D eigenvalue weighted by atomic mass is 32.1. The van der Waals surface area contributed by atoms with Gasteiger partial charge in [-0.3, -0.25) is 19.8 Å². The number of nitrogens with one attached hydrogen (secondary N) is 1. The van der Waals surface area contributed by atoms with Crippen molar-refractivity contribution in [3.05, 3.63) is 16.6 Å². The van der Waals surface area contributed by atoms with E-state index in [4.69, 9.17) is 4.74 Å². The van der Waals surface area contributed by atoms with Gasteiger partial charge >= 0.3 is 5.97 Å². The fourth-order valence-electron chi connectivity index (χ4n) is 3.33. The van der Waals surface area contributed by atoms with Crippen LogP contribution < -0.4 is 5.32 Å². The van der Waals surface area contributed by atoms with Gasteiger partial charge < -0.3 is 9.84 Å². The molecule has 0 aromatic carbocycles. The molecule has 118 valence electrons. The molecule has 2 amide bonds. The zero-order chi connectivity index (χ0) is 16.1. The minimum Gasteiger partial charge on any atom is -0.468 e. The number of hydrogen-bond donors (Lipinski definition) is 2. The van der Waals surface area contributed by atoms with E-state index in [2.05, 4.69) is 10.3 Å². The summed E-state index contributed by atoms with van der Waals surface area (Å²) in [5.74, 6) is -3.44. The molecule has 1 aromatic rings. The average Bonchev–Trinajstić information content (AvgIpc) is 3.21. The van der Waals surface area contributed by atoms with Crippen LogP contribution in [0.25, 0.3) is 0 Å². The van der Waals surface area contributed by atoms with E-state index in [0.717, 1.165) is 4.90 Å². The van der Waals surface area contributed by atoms with Crippen molar-refractivity contribution in [1.29, 1.82) is 0 Å². The number of aliphatic hydroxyl groups excluding tert-OH is 1. The third-order valence-electron chi connectivity index (χ3n) is 4.39. The molecule has 0 aliphatic carbocycles. The molecule has 2 saturated heterocycles. The molecule has 2 fully saturated rings. The van der Waals surface area contributed by atoms with Crippen LogP contribution in [0.1, 0.15) is 11.0 Å². The molecular weight excluding hydrogens is 310 g/mol. The van der Waals surface area contributed by atoms with Gasteiger partial charge in [0.05, 0.1) is 31.6 Å². The molecule has 8 nitrogen and oxygen atoms in total. The summed E-state index contributed by atoms with van der Waals surface area (Å²) in [7, 11) is 2.55. The number of hydrogen-bond acceptors (Lipinski definition) is 8. The number of ether oxygens (including phenoxy) is 1. The number of esters is 1. The number of likely N-dealkylation sites (tertiary alicyclic amines) is 1. The number of methoxy groups -OCH3 is 1. The fraction of sp³-hybridized carbons (Fsp3) is 0.538. The smallest absolute Gasteiger partial charge is 0.329 e. The highest BCUT2D eigenvalue weighted by molar-refractivity contribution is 7.09. The van der Waals surface area contributed by atoms with Crippen molar-refractivity contribution in [2.24, 2.45) is 11.8 Å². The number of thiazole rings is 1. The van der Waals surface area contributed by atoms with E-state index in [1.54, 1.807) is 11.6 Å². The highest BCUT2D eigenvalue weighted by Gasteiger charge is 2.68. The molecule has 3 rings (SSSR count). The Labute approximate surface area is 130 Å². The molecule has 2 aliphatic rings. The first-order chi connectivity index (χ1) is 10.5. The number of carbonyl (C=O) groups is 3. The molecule has 0 bridgehead atoms. The Morgan fingerprint density at radius 2 is 2.27 bits per heavy atom. The van der Waals surface area contributed by atoms with Gasteiger partial charge in [-0.25, -0.2) is 9.78 Å². The molecule has 0 radical (unpaired) electrons. The number of aliphatic hydroxyl groups is 1. The second kappa shape index (κ2) is 5.11. The number of amides is 2. The summed E-state index contributed by atoms with van der Waals surface area (Å²) in [5.41, 5.74) is -1.63.